The predicted octanol–water partition coefficient (Wildman–Crippen LogP) is 2.17. The van der Waals surface area contributed by atoms with Crippen molar-refractivity contribution in [2.24, 2.45) is 11.1 Å². The maximum Gasteiger partial charge on any atom is 0.109 e. The van der Waals surface area contributed by atoms with Crippen LogP contribution in [-0.2, 0) is 0 Å². The van der Waals surface area contributed by atoms with Crippen molar-refractivity contribution >= 4 is 11.3 Å². The Labute approximate surface area is 96.1 Å². The van der Waals surface area contributed by atoms with Crippen LogP contribution in [0.1, 0.15) is 38.2 Å². The third kappa shape index (κ3) is 3.55. The zero-order chi connectivity index (χ0) is 11.3. The number of rotatable bonds is 6. The molecule has 0 radical (unpaired) electrons. The average Bonchev–Trinajstić information content (AvgIpc) is 2.79. The van der Waals surface area contributed by atoms with Crippen LogP contribution in [0.5, 0.6) is 0 Å². The zero-order valence-corrected chi connectivity index (χ0v) is 10.6. The Morgan fingerprint density at radius 3 is 2.87 bits per heavy atom. The first-order valence-corrected chi connectivity index (χ1v) is 6.32. The van der Waals surface area contributed by atoms with Gasteiger partial charge in [0.15, 0.2) is 0 Å². The highest BCUT2D eigenvalue weighted by atomic mass is 32.1. The van der Waals surface area contributed by atoms with Crippen molar-refractivity contribution in [1.29, 1.82) is 0 Å². The number of aromatic nitrogens is 1. The molecule has 4 heteroatoms. The minimum Gasteiger partial charge on any atom is -0.330 e. The fourth-order valence-corrected chi connectivity index (χ4v) is 1.95. The van der Waals surface area contributed by atoms with Crippen LogP contribution in [0.2, 0.25) is 0 Å². The molecule has 1 aromatic rings. The summed E-state index contributed by atoms with van der Waals surface area (Å²) in [6.45, 7) is 8.21. The molecule has 0 spiro atoms. The summed E-state index contributed by atoms with van der Waals surface area (Å²) in [6.07, 6.45) is 2.95. The van der Waals surface area contributed by atoms with E-state index in [0.29, 0.717) is 6.04 Å². The molecule has 0 aromatic carbocycles. The highest BCUT2D eigenvalue weighted by Gasteiger charge is 2.21. The van der Waals surface area contributed by atoms with E-state index in [1.807, 2.05) is 11.6 Å². The first-order chi connectivity index (χ1) is 7.11. The molecule has 2 atom stereocenters. The van der Waals surface area contributed by atoms with Crippen molar-refractivity contribution in [3.63, 3.8) is 0 Å². The van der Waals surface area contributed by atoms with Gasteiger partial charge in [-0.15, -0.1) is 11.3 Å². The van der Waals surface area contributed by atoms with Crippen LogP contribution in [0.3, 0.4) is 0 Å². The van der Waals surface area contributed by atoms with Gasteiger partial charge in [0.05, 0.1) is 6.04 Å². The molecule has 3 N–H and O–H groups in total. The Morgan fingerprint density at radius 1 is 1.67 bits per heavy atom. The molecule has 0 fully saturated rings. The van der Waals surface area contributed by atoms with E-state index in [-0.39, 0.29) is 5.41 Å². The second-order valence-electron chi connectivity index (χ2n) is 4.34. The highest BCUT2D eigenvalue weighted by Crippen LogP contribution is 2.20. The van der Waals surface area contributed by atoms with Gasteiger partial charge in [0, 0.05) is 18.1 Å². The van der Waals surface area contributed by atoms with Crippen LogP contribution in [0.25, 0.3) is 0 Å². The average molecular weight is 227 g/mol. The third-order valence-electron chi connectivity index (χ3n) is 3.00. The first-order valence-electron chi connectivity index (χ1n) is 5.44. The molecule has 1 heterocycles. The van der Waals surface area contributed by atoms with Gasteiger partial charge in [-0.1, -0.05) is 13.8 Å². The number of thiazole rings is 1. The van der Waals surface area contributed by atoms with E-state index in [1.165, 1.54) is 0 Å². The van der Waals surface area contributed by atoms with Crippen LogP contribution in [0.15, 0.2) is 11.6 Å². The molecule has 0 aliphatic heterocycles. The van der Waals surface area contributed by atoms with Crippen LogP contribution < -0.4 is 11.1 Å². The molecule has 0 bridgehead atoms. The Bertz CT molecular complexity index is 267. The molecule has 0 amide bonds. The van der Waals surface area contributed by atoms with Gasteiger partial charge >= 0.3 is 0 Å². The fourth-order valence-electron chi connectivity index (χ4n) is 1.28. The maximum absolute atomic E-state index is 5.77. The van der Waals surface area contributed by atoms with Gasteiger partial charge < -0.3 is 11.1 Å². The number of nitrogens with two attached hydrogens (primary N) is 1. The van der Waals surface area contributed by atoms with Gasteiger partial charge in [0.1, 0.15) is 5.01 Å². The second kappa shape index (κ2) is 5.58. The van der Waals surface area contributed by atoms with Gasteiger partial charge in [-0.3, -0.25) is 0 Å². The summed E-state index contributed by atoms with van der Waals surface area (Å²) in [5.41, 5.74) is 5.97. The van der Waals surface area contributed by atoms with Crippen molar-refractivity contribution in [2.75, 3.05) is 13.1 Å². The molecule has 15 heavy (non-hydrogen) atoms. The lowest BCUT2D eigenvalue weighted by molar-refractivity contribution is 0.291. The topological polar surface area (TPSA) is 50.9 Å². The van der Waals surface area contributed by atoms with Gasteiger partial charge in [-0.25, -0.2) is 4.98 Å². The molecule has 0 saturated carbocycles. The quantitative estimate of drug-likeness (QED) is 0.783. The normalized spacial score (nSPS) is 17.3. The number of nitrogens with one attached hydrogen (secondary N) is 1. The van der Waals surface area contributed by atoms with Gasteiger partial charge in [-0.05, 0) is 25.3 Å². The molecule has 1 rings (SSSR count). The molecule has 0 aliphatic carbocycles. The molecule has 0 aliphatic rings. The number of hydrogen-bond donors (Lipinski definition) is 2. The minimum atomic E-state index is 0.200. The van der Waals surface area contributed by atoms with E-state index in [0.717, 1.165) is 24.5 Å². The lowest BCUT2D eigenvalue weighted by atomic mass is 9.87. The van der Waals surface area contributed by atoms with Crippen molar-refractivity contribution in [2.45, 2.75) is 33.2 Å². The molecule has 0 saturated heterocycles. The summed E-state index contributed by atoms with van der Waals surface area (Å²) in [4.78, 5) is 4.29. The van der Waals surface area contributed by atoms with Crippen molar-refractivity contribution in [1.82, 2.24) is 10.3 Å². The van der Waals surface area contributed by atoms with E-state index in [1.54, 1.807) is 11.3 Å². The smallest absolute Gasteiger partial charge is 0.109 e. The second-order valence-corrected chi connectivity index (χ2v) is 5.27. The fraction of sp³-hybridized carbons (Fsp3) is 0.727. The lowest BCUT2D eigenvalue weighted by Gasteiger charge is -2.28. The molecule has 86 valence electrons. The van der Waals surface area contributed by atoms with Crippen LogP contribution >= 0.6 is 11.3 Å². The third-order valence-corrected chi connectivity index (χ3v) is 3.96. The molecule has 3 nitrogen and oxygen atoms in total. The summed E-state index contributed by atoms with van der Waals surface area (Å²) in [5.74, 6) is 0. The Kier molecular flexibility index (Phi) is 4.70. The molecule has 1 aromatic heterocycles. The lowest BCUT2D eigenvalue weighted by Crippen LogP contribution is -2.38. The van der Waals surface area contributed by atoms with E-state index in [4.69, 9.17) is 5.73 Å². The van der Waals surface area contributed by atoms with Crippen LogP contribution in [0, 0.1) is 5.41 Å². The highest BCUT2D eigenvalue weighted by molar-refractivity contribution is 7.09. The molecular formula is C11H21N3S. The monoisotopic (exact) mass is 227 g/mol. The Balaban J connectivity index is 2.43. The zero-order valence-electron chi connectivity index (χ0n) is 9.79. The van der Waals surface area contributed by atoms with E-state index < -0.39 is 0 Å². The summed E-state index contributed by atoms with van der Waals surface area (Å²) >= 11 is 1.69. The number of hydrogen-bond acceptors (Lipinski definition) is 4. The van der Waals surface area contributed by atoms with E-state index >= 15 is 0 Å². The summed E-state index contributed by atoms with van der Waals surface area (Å²) in [7, 11) is 0. The Morgan fingerprint density at radius 2 is 2.40 bits per heavy atom. The Hall–Kier alpha value is -0.450. The van der Waals surface area contributed by atoms with E-state index in [9.17, 15) is 0 Å². The molecule has 2 unspecified atom stereocenters. The van der Waals surface area contributed by atoms with E-state index in [2.05, 4.69) is 31.1 Å². The number of nitrogens with zero attached hydrogens (tertiary/aromatic N) is 1. The molecular weight excluding hydrogens is 206 g/mol. The SMILES string of the molecule is CCC(C)(CN)CNC(C)c1nccs1. The van der Waals surface area contributed by atoms with Crippen LogP contribution in [0.4, 0.5) is 0 Å². The predicted molar refractivity (Wildman–Crippen MR) is 66.0 cm³/mol. The van der Waals surface area contributed by atoms with Gasteiger partial charge in [0.25, 0.3) is 0 Å². The summed E-state index contributed by atoms with van der Waals surface area (Å²) in [6, 6.07) is 0.322. The standard InChI is InChI=1S/C11H21N3S/c1-4-11(3,7-12)8-14-9(2)10-13-5-6-15-10/h5-6,9,14H,4,7-8,12H2,1-3H3. The largest absolute Gasteiger partial charge is 0.330 e. The maximum atomic E-state index is 5.77. The van der Waals surface area contributed by atoms with Crippen molar-refractivity contribution < 1.29 is 0 Å². The summed E-state index contributed by atoms with van der Waals surface area (Å²) < 4.78 is 0. The van der Waals surface area contributed by atoms with Crippen molar-refractivity contribution in [3.05, 3.63) is 16.6 Å². The summed E-state index contributed by atoms with van der Waals surface area (Å²) in [5, 5.41) is 6.65. The van der Waals surface area contributed by atoms with Gasteiger partial charge in [-0.2, -0.15) is 0 Å². The van der Waals surface area contributed by atoms with Crippen LogP contribution in [-0.4, -0.2) is 18.1 Å². The first kappa shape index (κ1) is 12.6. The van der Waals surface area contributed by atoms with Gasteiger partial charge in [0.2, 0.25) is 0 Å². The minimum absolute atomic E-state index is 0.200. The van der Waals surface area contributed by atoms with Crippen molar-refractivity contribution in [3.8, 4) is 0 Å².